The quantitative estimate of drug-likeness (QED) is 0.655. The van der Waals surface area contributed by atoms with Crippen LogP contribution in [0.2, 0.25) is 0 Å². The van der Waals surface area contributed by atoms with E-state index >= 15 is 0 Å². The number of hydrogen-bond acceptors (Lipinski definition) is 2. The van der Waals surface area contributed by atoms with E-state index in [2.05, 4.69) is 29.5 Å². The van der Waals surface area contributed by atoms with E-state index in [-0.39, 0.29) is 11.5 Å². The van der Waals surface area contributed by atoms with Gasteiger partial charge in [0, 0.05) is 6.07 Å². The van der Waals surface area contributed by atoms with E-state index < -0.39 is 0 Å². The third-order valence-electron chi connectivity index (χ3n) is 2.63. The Hall–Kier alpha value is -0.450. The van der Waals surface area contributed by atoms with Gasteiger partial charge in [0.05, 0.1) is 3.57 Å². The average Bonchev–Trinajstić information content (AvgIpc) is 2.20. The molecule has 0 aromatic heterocycles. The highest BCUT2D eigenvalue weighted by atomic mass is 127. The summed E-state index contributed by atoms with van der Waals surface area (Å²) in [6.45, 7) is 4.07. The van der Waals surface area contributed by atoms with E-state index in [1.165, 1.54) is 18.9 Å². The van der Waals surface area contributed by atoms with Crippen molar-refractivity contribution in [3.63, 3.8) is 0 Å². The van der Waals surface area contributed by atoms with Crippen LogP contribution >= 0.6 is 22.6 Å². The molecule has 0 aliphatic carbocycles. The SMILES string of the molecule is CCCCCc1c(C)c(O)cc(O)c1I. The van der Waals surface area contributed by atoms with Crippen LogP contribution in [-0.4, -0.2) is 10.2 Å². The maximum atomic E-state index is 9.60. The normalized spacial score (nSPS) is 10.6. The van der Waals surface area contributed by atoms with Gasteiger partial charge in [0.15, 0.2) is 0 Å². The summed E-state index contributed by atoms with van der Waals surface area (Å²) in [6.07, 6.45) is 4.41. The summed E-state index contributed by atoms with van der Waals surface area (Å²) in [7, 11) is 0. The Labute approximate surface area is 104 Å². The van der Waals surface area contributed by atoms with Gasteiger partial charge in [-0.15, -0.1) is 0 Å². The maximum Gasteiger partial charge on any atom is 0.132 e. The Morgan fingerprint density at radius 1 is 1.20 bits per heavy atom. The number of aromatic hydroxyl groups is 2. The molecule has 1 aromatic carbocycles. The highest BCUT2D eigenvalue weighted by Gasteiger charge is 2.12. The van der Waals surface area contributed by atoms with Crippen molar-refractivity contribution < 1.29 is 10.2 Å². The lowest BCUT2D eigenvalue weighted by molar-refractivity contribution is 0.443. The van der Waals surface area contributed by atoms with Crippen molar-refractivity contribution in [3.8, 4) is 11.5 Å². The molecule has 2 N–H and O–H groups in total. The molecule has 0 bridgehead atoms. The van der Waals surface area contributed by atoms with Gasteiger partial charge in [-0.25, -0.2) is 0 Å². The Morgan fingerprint density at radius 3 is 2.47 bits per heavy atom. The highest BCUT2D eigenvalue weighted by Crippen LogP contribution is 2.33. The van der Waals surface area contributed by atoms with E-state index in [1.807, 2.05) is 6.92 Å². The number of benzene rings is 1. The number of hydrogen-bond donors (Lipinski definition) is 2. The third-order valence-corrected chi connectivity index (χ3v) is 3.83. The van der Waals surface area contributed by atoms with Crippen LogP contribution in [0.15, 0.2) is 6.07 Å². The second-order valence-electron chi connectivity index (χ2n) is 3.79. The van der Waals surface area contributed by atoms with Gasteiger partial charge < -0.3 is 10.2 Å². The molecule has 2 nitrogen and oxygen atoms in total. The molecule has 0 spiro atoms. The third kappa shape index (κ3) is 3.00. The number of phenols is 2. The van der Waals surface area contributed by atoms with Crippen molar-refractivity contribution in [2.75, 3.05) is 0 Å². The van der Waals surface area contributed by atoms with Crippen LogP contribution in [0.1, 0.15) is 37.3 Å². The van der Waals surface area contributed by atoms with Crippen LogP contribution in [0, 0.1) is 10.5 Å². The number of phenolic OH excluding ortho intramolecular Hbond substituents is 2. The highest BCUT2D eigenvalue weighted by molar-refractivity contribution is 14.1. The van der Waals surface area contributed by atoms with Gasteiger partial charge in [-0.1, -0.05) is 19.8 Å². The van der Waals surface area contributed by atoms with E-state index in [0.717, 1.165) is 27.5 Å². The van der Waals surface area contributed by atoms with Gasteiger partial charge in [-0.2, -0.15) is 0 Å². The van der Waals surface area contributed by atoms with E-state index in [4.69, 9.17) is 0 Å². The number of halogens is 1. The Balaban J connectivity index is 2.94. The zero-order valence-corrected chi connectivity index (χ0v) is 11.3. The molecule has 3 heteroatoms. The molecule has 0 saturated carbocycles. The molecule has 0 unspecified atom stereocenters. The minimum atomic E-state index is 0.185. The van der Waals surface area contributed by atoms with Crippen LogP contribution in [0.4, 0.5) is 0 Å². The lowest BCUT2D eigenvalue weighted by atomic mass is 10.0. The topological polar surface area (TPSA) is 40.5 Å². The van der Waals surface area contributed by atoms with Crippen molar-refractivity contribution in [1.82, 2.24) is 0 Å². The fraction of sp³-hybridized carbons (Fsp3) is 0.500. The molecule has 0 aliphatic rings. The van der Waals surface area contributed by atoms with Gasteiger partial charge >= 0.3 is 0 Å². The van der Waals surface area contributed by atoms with E-state index in [0.29, 0.717) is 0 Å². The molecule has 0 fully saturated rings. The first-order valence-electron chi connectivity index (χ1n) is 5.27. The molecule has 0 saturated heterocycles. The summed E-state index contributed by atoms with van der Waals surface area (Å²) in [5.41, 5.74) is 1.98. The molecule has 0 atom stereocenters. The van der Waals surface area contributed by atoms with Crippen molar-refractivity contribution in [2.45, 2.75) is 39.5 Å². The Bertz CT molecular complexity index is 322. The van der Waals surface area contributed by atoms with Crippen LogP contribution < -0.4 is 0 Å². The summed E-state index contributed by atoms with van der Waals surface area (Å²) in [5.74, 6) is 0.379. The molecule has 0 heterocycles. The summed E-state index contributed by atoms with van der Waals surface area (Å²) < 4.78 is 0.874. The number of unbranched alkanes of at least 4 members (excludes halogenated alkanes) is 2. The molecule has 0 aliphatic heterocycles. The van der Waals surface area contributed by atoms with Crippen molar-refractivity contribution in [1.29, 1.82) is 0 Å². The first-order chi connectivity index (χ1) is 7.07. The molecule has 0 radical (unpaired) electrons. The molecule has 15 heavy (non-hydrogen) atoms. The largest absolute Gasteiger partial charge is 0.508 e. The van der Waals surface area contributed by atoms with Crippen molar-refractivity contribution >= 4 is 22.6 Å². The molecule has 0 amide bonds. The van der Waals surface area contributed by atoms with Gasteiger partial charge in [-0.05, 0) is 53.5 Å². The lowest BCUT2D eigenvalue weighted by Gasteiger charge is -2.11. The standard InChI is InChI=1S/C12H17IO2/c1-3-4-5-6-9-8(2)10(14)7-11(15)12(9)13/h7,14-15H,3-6H2,1-2H3. The Morgan fingerprint density at radius 2 is 1.87 bits per heavy atom. The smallest absolute Gasteiger partial charge is 0.132 e. The van der Waals surface area contributed by atoms with Gasteiger partial charge in [-0.3, -0.25) is 0 Å². The summed E-state index contributed by atoms with van der Waals surface area (Å²) in [6, 6.07) is 1.42. The van der Waals surface area contributed by atoms with Crippen molar-refractivity contribution in [3.05, 3.63) is 20.8 Å². The second kappa shape index (κ2) is 5.58. The van der Waals surface area contributed by atoms with Crippen LogP contribution in [0.5, 0.6) is 11.5 Å². The average molecular weight is 320 g/mol. The van der Waals surface area contributed by atoms with Crippen LogP contribution in [-0.2, 0) is 6.42 Å². The summed E-state index contributed by atoms with van der Waals surface area (Å²) >= 11 is 2.14. The molecule has 84 valence electrons. The molecule has 1 aromatic rings. The summed E-state index contributed by atoms with van der Waals surface area (Å²) in [4.78, 5) is 0. The monoisotopic (exact) mass is 320 g/mol. The molecular formula is C12H17IO2. The first kappa shape index (κ1) is 12.6. The van der Waals surface area contributed by atoms with Crippen LogP contribution in [0.3, 0.4) is 0 Å². The fourth-order valence-electron chi connectivity index (χ4n) is 1.62. The van der Waals surface area contributed by atoms with Crippen molar-refractivity contribution in [2.24, 2.45) is 0 Å². The minimum absolute atomic E-state index is 0.185. The molecule has 1 rings (SSSR count). The zero-order chi connectivity index (χ0) is 11.4. The summed E-state index contributed by atoms with van der Waals surface area (Å²) in [5, 5.41) is 19.2. The predicted molar refractivity (Wildman–Crippen MR) is 70.5 cm³/mol. The molecular weight excluding hydrogens is 303 g/mol. The zero-order valence-electron chi connectivity index (χ0n) is 9.18. The maximum absolute atomic E-state index is 9.60. The van der Waals surface area contributed by atoms with E-state index in [1.54, 1.807) is 0 Å². The van der Waals surface area contributed by atoms with Crippen LogP contribution in [0.25, 0.3) is 0 Å². The second-order valence-corrected chi connectivity index (χ2v) is 4.87. The van der Waals surface area contributed by atoms with Gasteiger partial charge in [0.1, 0.15) is 11.5 Å². The predicted octanol–water partition coefficient (Wildman–Crippen LogP) is 3.74. The van der Waals surface area contributed by atoms with Gasteiger partial charge in [0.25, 0.3) is 0 Å². The van der Waals surface area contributed by atoms with E-state index in [9.17, 15) is 10.2 Å². The Kier molecular flexibility index (Phi) is 4.70. The minimum Gasteiger partial charge on any atom is -0.508 e. The first-order valence-corrected chi connectivity index (χ1v) is 6.35. The fourth-order valence-corrected chi connectivity index (χ4v) is 2.45. The van der Waals surface area contributed by atoms with Gasteiger partial charge in [0.2, 0.25) is 0 Å². The lowest BCUT2D eigenvalue weighted by Crippen LogP contribution is -1.95. The number of rotatable bonds is 4.